The second-order valence-electron chi connectivity index (χ2n) is 5.49. The van der Waals surface area contributed by atoms with Crippen molar-refractivity contribution in [3.8, 4) is 0 Å². The molecular weight excluding hydrogens is 376 g/mol. The number of amides is 3. The quantitative estimate of drug-likeness (QED) is 0.508. The molecule has 0 aromatic heterocycles. The molecule has 0 bridgehead atoms. The van der Waals surface area contributed by atoms with Crippen LogP contribution in [0.3, 0.4) is 0 Å². The summed E-state index contributed by atoms with van der Waals surface area (Å²) in [6.07, 6.45) is 1.69. The van der Waals surface area contributed by atoms with Gasteiger partial charge >= 0.3 is 0 Å². The molecule has 24 heavy (non-hydrogen) atoms. The average Bonchev–Trinajstić information content (AvgIpc) is 2.89. The molecular formula is C17H21BrN2O4. The number of benzene rings is 1. The maximum absolute atomic E-state index is 11.8. The van der Waals surface area contributed by atoms with Gasteiger partial charge in [0.2, 0.25) is 17.7 Å². The molecule has 7 heteroatoms. The number of imide groups is 1. The molecule has 1 aromatic rings. The van der Waals surface area contributed by atoms with E-state index in [0.717, 1.165) is 10.0 Å². The number of rotatable bonds is 9. The minimum Gasteiger partial charge on any atom is -0.378 e. The first-order chi connectivity index (χ1) is 11.6. The molecule has 0 atom stereocenters. The van der Waals surface area contributed by atoms with E-state index in [1.54, 1.807) is 0 Å². The van der Waals surface area contributed by atoms with E-state index in [-0.39, 0.29) is 24.3 Å². The molecule has 3 amide bonds. The molecule has 0 aliphatic carbocycles. The molecule has 1 saturated heterocycles. The number of halogens is 1. The number of hydrogen-bond donors (Lipinski definition) is 1. The molecule has 0 spiro atoms. The molecule has 130 valence electrons. The van der Waals surface area contributed by atoms with Crippen molar-refractivity contribution in [3.63, 3.8) is 0 Å². The van der Waals surface area contributed by atoms with Crippen molar-refractivity contribution < 1.29 is 19.1 Å². The van der Waals surface area contributed by atoms with Gasteiger partial charge in [-0.05, 0) is 18.1 Å². The molecule has 1 N–H and O–H groups in total. The maximum atomic E-state index is 11.8. The first kappa shape index (κ1) is 18.6. The summed E-state index contributed by atoms with van der Waals surface area (Å²) in [5.41, 5.74) is 1.10. The van der Waals surface area contributed by atoms with Crippen molar-refractivity contribution in [2.75, 3.05) is 26.3 Å². The van der Waals surface area contributed by atoms with Crippen LogP contribution in [0.15, 0.2) is 28.7 Å². The van der Waals surface area contributed by atoms with Crippen molar-refractivity contribution in [1.29, 1.82) is 0 Å². The maximum Gasteiger partial charge on any atom is 0.229 e. The molecule has 0 saturated carbocycles. The van der Waals surface area contributed by atoms with Gasteiger partial charge in [0.25, 0.3) is 0 Å². The minimum absolute atomic E-state index is 0.0285. The van der Waals surface area contributed by atoms with Gasteiger partial charge in [-0.25, -0.2) is 0 Å². The van der Waals surface area contributed by atoms with Crippen LogP contribution in [0, 0.1) is 0 Å². The van der Waals surface area contributed by atoms with Gasteiger partial charge in [-0.1, -0.05) is 34.1 Å². The zero-order valence-electron chi connectivity index (χ0n) is 13.4. The highest BCUT2D eigenvalue weighted by Gasteiger charge is 2.28. The Balaban J connectivity index is 1.53. The number of aryl methyl sites for hydroxylation is 1. The number of ether oxygens (including phenoxy) is 1. The fourth-order valence-electron chi connectivity index (χ4n) is 2.43. The van der Waals surface area contributed by atoms with Gasteiger partial charge in [0.1, 0.15) is 0 Å². The Labute approximate surface area is 149 Å². The third kappa shape index (κ3) is 5.72. The first-order valence-corrected chi connectivity index (χ1v) is 8.78. The van der Waals surface area contributed by atoms with Gasteiger partial charge < -0.3 is 10.1 Å². The normalized spacial score (nSPS) is 14.3. The fourth-order valence-corrected chi connectivity index (χ4v) is 2.91. The van der Waals surface area contributed by atoms with E-state index >= 15 is 0 Å². The summed E-state index contributed by atoms with van der Waals surface area (Å²) in [4.78, 5) is 35.8. The van der Waals surface area contributed by atoms with Crippen LogP contribution in [0.2, 0.25) is 0 Å². The molecule has 1 heterocycles. The largest absolute Gasteiger partial charge is 0.378 e. The van der Waals surface area contributed by atoms with Crippen LogP contribution in [0.4, 0.5) is 0 Å². The Morgan fingerprint density at radius 3 is 2.58 bits per heavy atom. The third-order valence-electron chi connectivity index (χ3n) is 3.76. The van der Waals surface area contributed by atoms with Crippen LogP contribution in [0.1, 0.15) is 24.8 Å². The van der Waals surface area contributed by atoms with E-state index in [4.69, 9.17) is 4.74 Å². The number of nitrogens with one attached hydrogen (secondary N) is 1. The first-order valence-electron chi connectivity index (χ1n) is 7.99. The van der Waals surface area contributed by atoms with Crippen LogP contribution in [-0.2, 0) is 25.5 Å². The van der Waals surface area contributed by atoms with Crippen LogP contribution in [0.5, 0.6) is 0 Å². The molecule has 2 rings (SSSR count). The Morgan fingerprint density at radius 1 is 1.17 bits per heavy atom. The van der Waals surface area contributed by atoms with Gasteiger partial charge in [0.15, 0.2) is 0 Å². The van der Waals surface area contributed by atoms with Crippen molar-refractivity contribution in [3.05, 3.63) is 34.3 Å². The van der Waals surface area contributed by atoms with Crippen LogP contribution in [0.25, 0.3) is 0 Å². The van der Waals surface area contributed by atoms with Crippen molar-refractivity contribution in [2.24, 2.45) is 0 Å². The lowest BCUT2D eigenvalue weighted by Crippen LogP contribution is -2.33. The molecule has 1 fully saturated rings. The lowest BCUT2D eigenvalue weighted by Gasteiger charge is -2.13. The summed E-state index contributed by atoms with van der Waals surface area (Å²) in [6, 6.07) is 7.83. The summed E-state index contributed by atoms with van der Waals surface area (Å²) in [7, 11) is 0. The summed E-state index contributed by atoms with van der Waals surface area (Å²) in [5, 5.41) is 2.79. The number of likely N-dealkylation sites (tertiary alicyclic amines) is 1. The standard InChI is InChI=1S/C17H21BrN2O4/c18-14-4-2-1-3-13(14)5-6-15(21)19-9-11-24-12-10-20-16(22)7-8-17(20)23/h1-4H,5-12H2,(H,19,21). The summed E-state index contributed by atoms with van der Waals surface area (Å²) >= 11 is 3.46. The van der Waals surface area contributed by atoms with Crippen LogP contribution >= 0.6 is 15.9 Å². The van der Waals surface area contributed by atoms with Crippen molar-refractivity contribution >= 4 is 33.7 Å². The second kappa shape index (κ2) is 9.54. The van der Waals surface area contributed by atoms with Gasteiger partial charge in [-0.2, -0.15) is 0 Å². The molecule has 1 aliphatic heterocycles. The van der Waals surface area contributed by atoms with E-state index in [1.807, 2.05) is 24.3 Å². The summed E-state index contributed by atoms with van der Waals surface area (Å²) in [6.45, 7) is 1.35. The predicted octanol–water partition coefficient (Wildman–Crippen LogP) is 1.66. The Hall–Kier alpha value is -1.73. The molecule has 1 aromatic carbocycles. The predicted molar refractivity (Wildman–Crippen MR) is 92.2 cm³/mol. The molecule has 6 nitrogen and oxygen atoms in total. The van der Waals surface area contributed by atoms with Gasteiger partial charge in [0.05, 0.1) is 19.8 Å². The highest BCUT2D eigenvalue weighted by Crippen LogP contribution is 2.17. The lowest BCUT2D eigenvalue weighted by atomic mass is 10.1. The Kier molecular flexibility index (Phi) is 7.39. The van der Waals surface area contributed by atoms with Crippen molar-refractivity contribution in [1.82, 2.24) is 10.2 Å². The van der Waals surface area contributed by atoms with Gasteiger partial charge in [-0.15, -0.1) is 0 Å². The lowest BCUT2D eigenvalue weighted by molar-refractivity contribution is -0.139. The SMILES string of the molecule is O=C(CCc1ccccc1Br)NCCOCCN1C(=O)CCC1=O. The van der Waals surface area contributed by atoms with E-state index in [0.29, 0.717) is 45.4 Å². The zero-order valence-corrected chi connectivity index (χ0v) is 15.0. The molecule has 0 unspecified atom stereocenters. The number of carbonyl (C=O) groups is 3. The number of nitrogens with zero attached hydrogens (tertiary/aromatic N) is 1. The minimum atomic E-state index is -0.135. The van der Waals surface area contributed by atoms with Gasteiger partial charge in [0, 0.05) is 30.3 Å². The number of hydrogen-bond acceptors (Lipinski definition) is 4. The van der Waals surface area contributed by atoms with E-state index in [2.05, 4.69) is 21.2 Å². The van der Waals surface area contributed by atoms with Crippen LogP contribution in [-0.4, -0.2) is 48.9 Å². The fraction of sp³-hybridized carbons (Fsp3) is 0.471. The third-order valence-corrected chi connectivity index (χ3v) is 4.54. The highest BCUT2D eigenvalue weighted by molar-refractivity contribution is 9.10. The summed E-state index contributed by atoms with van der Waals surface area (Å²) in [5.74, 6) is -0.299. The highest BCUT2D eigenvalue weighted by atomic mass is 79.9. The number of carbonyl (C=O) groups excluding carboxylic acids is 3. The Morgan fingerprint density at radius 2 is 1.88 bits per heavy atom. The van der Waals surface area contributed by atoms with E-state index in [9.17, 15) is 14.4 Å². The second-order valence-corrected chi connectivity index (χ2v) is 6.35. The van der Waals surface area contributed by atoms with Crippen molar-refractivity contribution in [2.45, 2.75) is 25.7 Å². The van der Waals surface area contributed by atoms with E-state index < -0.39 is 0 Å². The Bertz CT molecular complexity index is 590. The van der Waals surface area contributed by atoms with Crippen LogP contribution < -0.4 is 5.32 Å². The average molecular weight is 397 g/mol. The molecule has 0 radical (unpaired) electrons. The molecule has 1 aliphatic rings. The van der Waals surface area contributed by atoms with E-state index in [1.165, 1.54) is 4.90 Å². The summed E-state index contributed by atoms with van der Waals surface area (Å²) < 4.78 is 6.36. The zero-order chi connectivity index (χ0) is 17.4. The monoisotopic (exact) mass is 396 g/mol. The smallest absolute Gasteiger partial charge is 0.229 e. The van der Waals surface area contributed by atoms with Gasteiger partial charge in [-0.3, -0.25) is 19.3 Å². The topological polar surface area (TPSA) is 75.7 Å².